The van der Waals surface area contributed by atoms with E-state index in [0.717, 1.165) is 55.1 Å². The number of nitrogens with one attached hydrogen (secondary N) is 1. The van der Waals surface area contributed by atoms with Crippen LogP contribution < -0.4 is 5.76 Å². The van der Waals surface area contributed by atoms with Gasteiger partial charge in [0, 0.05) is 31.2 Å². The highest BCUT2D eigenvalue weighted by atomic mass is 32.2. The van der Waals surface area contributed by atoms with Crippen LogP contribution in [0.2, 0.25) is 0 Å². The Hall–Kier alpha value is -1.12. The van der Waals surface area contributed by atoms with Gasteiger partial charge in [-0.15, -0.1) is 0 Å². The second-order valence-corrected chi connectivity index (χ2v) is 7.51. The van der Waals surface area contributed by atoms with Crippen LogP contribution in [-0.2, 0) is 6.42 Å². The summed E-state index contributed by atoms with van der Waals surface area (Å²) in [5.74, 6) is 2.13. The zero-order chi connectivity index (χ0) is 17.4. The summed E-state index contributed by atoms with van der Waals surface area (Å²) in [6.45, 7) is 2.90. The lowest BCUT2D eigenvalue weighted by Crippen LogP contribution is -2.33. The average Bonchev–Trinajstić information content (AvgIpc) is 3.14. The summed E-state index contributed by atoms with van der Waals surface area (Å²) in [4.78, 5) is 16.7. The second kappa shape index (κ2) is 10.0. The molecule has 2 N–H and O–H groups in total. The molecule has 8 heteroatoms. The Labute approximate surface area is 151 Å². The molecule has 2 rings (SSSR count). The third-order valence-electron chi connectivity index (χ3n) is 4.01. The first-order valence-corrected chi connectivity index (χ1v) is 9.95. The lowest BCUT2D eigenvalue weighted by atomic mass is 10.1. The maximum absolute atomic E-state index is 10.8. The molecule has 0 spiro atoms. The first kappa shape index (κ1) is 19.2. The van der Waals surface area contributed by atoms with Crippen molar-refractivity contribution in [3.63, 3.8) is 0 Å². The van der Waals surface area contributed by atoms with Crippen LogP contribution in [0.15, 0.2) is 21.5 Å². The minimum Gasteiger partial charge on any atom is -0.389 e. The van der Waals surface area contributed by atoms with E-state index in [0.29, 0.717) is 11.9 Å². The summed E-state index contributed by atoms with van der Waals surface area (Å²) in [5, 5.41) is 13.3. The van der Waals surface area contributed by atoms with Crippen LogP contribution >= 0.6 is 24.0 Å². The molecule has 0 saturated carbocycles. The van der Waals surface area contributed by atoms with E-state index in [-0.39, 0.29) is 6.10 Å². The minimum absolute atomic E-state index is 0.319. The first-order chi connectivity index (χ1) is 11.6. The molecule has 0 aliphatic carbocycles. The molecule has 1 saturated heterocycles. The highest BCUT2D eigenvalue weighted by Crippen LogP contribution is 2.22. The van der Waals surface area contributed by atoms with Crippen molar-refractivity contribution in [1.29, 1.82) is 0 Å². The van der Waals surface area contributed by atoms with E-state index in [2.05, 4.69) is 25.6 Å². The van der Waals surface area contributed by atoms with Crippen LogP contribution in [-0.4, -0.2) is 55.3 Å². The van der Waals surface area contributed by atoms with E-state index >= 15 is 0 Å². The summed E-state index contributed by atoms with van der Waals surface area (Å²) in [5.41, 5.74) is 0. The van der Waals surface area contributed by atoms with Gasteiger partial charge in [-0.3, -0.25) is 9.51 Å². The molecule has 1 aromatic heterocycles. The van der Waals surface area contributed by atoms with Crippen molar-refractivity contribution in [1.82, 2.24) is 15.0 Å². The molecule has 0 unspecified atom stereocenters. The molecular weight excluding hydrogens is 346 g/mol. The largest absolute Gasteiger partial charge is 0.438 e. The van der Waals surface area contributed by atoms with Gasteiger partial charge in [0.1, 0.15) is 0 Å². The van der Waals surface area contributed by atoms with Crippen molar-refractivity contribution < 1.29 is 9.63 Å². The molecule has 6 nitrogen and oxygen atoms in total. The minimum atomic E-state index is -0.493. The number of rotatable bonds is 10. The fourth-order valence-electron chi connectivity index (χ4n) is 2.61. The number of thiocarbonyl (C=S) groups is 1. The van der Waals surface area contributed by atoms with Crippen molar-refractivity contribution >= 4 is 29.0 Å². The fourth-order valence-corrected chi connectivity index (χ4v) is 3.84. The van der Waals surface area contributed by atoms with Crippen LogP contribution in [0.1, 0.15) is 38.4 Å². The van der Waals surface area contributed by atoms with E-state index in [1.807, 2.05) is 24.8 Å². The molecule has 0 bridgehead atoms. The molecule has 2 atom stereocenters. The molecule has 2 heterocycles. The summed E-state index contributed by atoms with van der Waals surface area (Å²) in [6.07, 6.45) is 8.02. The van der Waals surface area contributed by atoms with Gasteiger partial charge in [0.05, 0.1) is 11.1 Å². The molecule has 1 aromatic rings. The van der Waals surface area contributed by atoms with Crippen molar-refractivity contribution in [3.8, 4) is 0 Å². The Morgan fingerprint density at radius 2 is 2.42 bits per heavy atom. The number of hydrogen-bond donors (Lipinski definition) is 2. The predicted octanol–water partition coefficient (Wildman–Crippen LogP) is 2.15. The van der Waals surface area contributed by atoms with E-state index in [4.69, 9.17) is 12.2 Å². The molecule has 0 aromatic carbocycles. The van der Waals surface area contributed by atoms with E-state index in [9.17, 15) is 9.90 Å². The zero-order valence-corrected chi connectivity index (χ0v) is 15.6. The van der Waals surface area contributed by atoms with Crippen molar-refractivity contribution in [3.05, 3.63) is 28.5 Å². The van der Waals surface area contributed by atoms with E-state index in [1.165, 1.54) is 0 Å². The SMILES string of the molecule is CC[C@H](O)/C=C/[C@H]1CCC(=S)N1CCSCCCc1noc(=O)[nH]1. The third-order valence-corrected chi connectivity index (χ3v) is 5.50. The molecule has 134 valence electrons. The van der Waals surface area contributed by atoms with Gasteiger partial charge in [0.25, 0.3) is 0 Å². The smallest absolute Gasteiger partial charge is 0.389 e. The molecule has 24 heavy (non-hydrogen) atoms. The lowest BCUT2D eigenvalue weighted by molar-refractivity contribution is 0.218. The lowest BCUT2D eigenvalue weighted by Gasteiger charge is -2.24. The van der Waals surface area contributed by atoms with Gasteiger partial charge in [-0.1, -0.05) is 36.5 Å². The standard InChI is InChI=1S/C16H25N3O3S2/c1-2-13(20)7-5-12-6-8-15(23)19(12)9-11-24-10-3-4-14-17-16(21)22-18-14/h5,7,12-13,20H,2-4,6,8-11H2,1H3,(H,17,18,21)/b7-5+/t12-,13-/m0/s1. The summed E-state index contributed by atoms with van der Waals surface area (Å²) < 4.78 is 4.47. The number of H-pyrrole nitrogens is 1. The van der Waals surface area contributed by atoms with Crippen LogP contribution in [0, 0.1) is 0 Å². The summed E-state index contributed by atoms with van der Waals surface area (Å²) in [6, 6.07) is 0.319. The Morgan fingerprint density at radius 3 is 3.12 bits per heavy atom. The van der Waals surface area contributed by atoms with Crippen molar-refractivity contribution in [2.24, 2.45) is 0 Å². The monoisotopic (exact) mass is 371 g/mol. The number of likely N-dealkylation sites (tertiary alicyclic amines) is 1. The number of aromatic nitrogens is 2. The number of hydrogen-bond acceptors (Lipinski definition) is 6. The Bertz CT molecular complexity index is 599. The van der Waals surface area contributed by atoms with Gasteiger partial charge in [0.2, 0.25) is 0 Å². The number of aliphatic hydroxyl groups excluding tert-OH is 1. The molecule has 1 fully saturated rings. The normalized spacial score (nSPS) is 19.5. The van der Waals surface area contributed by atoms with E-state index in [1.54, 1.807) is 0 Å². The highest BCUT2D eigenvalue weighted by Gasteiger charge is 2.25. The molecular formula is C16H25N3O3S2. The van der Waals surface area contributed by atoms with Gasteiger partial charge >= 0.3 is 5.76 Å². The maximum atomic E-state index is 10.8. The summed E-state index contributed by atoms with van der Waals surface area (Å²) in [7, 11) is 0. The van der Waals surface area contributed by atoms with Crippen LogP contribution in [0.3, 0.4) is 0 Å². The maximum Gasteiger partial charge on any atom is 0.438 e. The Kier molecular flexibility index (Phi) is 8.01. The fraction of sp³-hybridized carbons (Fsp3) is 0.688. The zero-order valence-electron chi connectivity index (χ0n) is 13.9. The Morgan fingerprint density at radius 1 is 1.58 bits per heavy atom. The molecule has 0 radical (unpaired) electrons. The number of nitrogens with zero attached hydrogens (tertiary/aromatic N) is 2. The van der Waals surface area contributed by atoms with Gasteiger partial charge < -0.3 is 10.0 Å². The number of aromatic amines is 1. The van der Waals surface area contributed by atoms with Crippen LogP contribution in [0.4, 0.5) is 0 Å². The summed E-state index contributed by atoms with van der Waals surface area (Å²) >= 11 is 7.33. The van der Waals surface area contributed by atoms with E-state index < -0.39 is 5.76 Å². The quantitative estimate of drug-likeness (QED) is 0.370. The molecule has 0 amide bonds. The predicted molar refractivity (Wildman–Crippen MR) is 101 cm³/mol. The first-order valence-electron chi connectivity index (χ1n) is 8.38. The average molecular weight is 372 g/mol. The van der Waals surface area contributed by atoms with Crippen molar-refractivity contribution in [2.45, 2.75) is 51.2 Å². The number of thioether (sulfide) groups is 1. The second-order valence-electron chi connectivity index (χ2n) is 5.81. The van der Waals surface area contributed by atoms with Gasteiger partial charge in [0.15, 0.2) is 5.82 Å². The highest BCUT2D eigenvalue weighted by molar-refractivity contribution is 7.99. The Balaban J connectivity index is 1.65. The molecule has 1 aliphatic rings. The topological polar surface area (TPSA) is 82.4 Å². The van der Waals surface area contributed by atoms with Crippen LogP contribution in [0.5, 0.6) is 0 Å². The van der Waals surface area contributed by atoms with Crippen molar-refractivity contribution in [2.75, 3.05) is 18.1 Å². The number of aliphatic hydroxyl groups is 1. The van der Waals surface area contributed by atoms with Gasteiger partial charge in [-0.2, -0.15) is 11.8 Å². The van der Waals surface area contributed by atoms with Crippen LogP contribution in [0.25, 0.3) is 0 Å². The molecule has 1 aliphatic heterocycles. The van der Waals surface area contributed by atoms with Gasteiger partial charge in [-0.05, 0) is 25.0 Å². The third kappa shape index (κ3) is 6.07. The van der Waals surface area contributed by atoms with Gasteiger partial charge in [-0.25, -0.2) is 4.79 Å². The number of aryl methyl sites for hydroxylation is 1.